The third-order valence-electron chi connectivity index (χ3n) is 1.20. The average Bonchev–Trinajstić information content (AvgIpc) is 2.01. The van der Waals surface area contributed by atoms with Crippen LogP contribution in [0.25, 0.3) is 4.98 Å². The maximum atomic E-state index is 8.93. The quantitative estimate of drug-likeness (QED) is 0.381. The van der Waals surface area contributed by atoms with Crippen LogP contribution >= 0.6 is 0 Å². The molecule has 0 rings (SSSR count). The van der Waals surface area contributed by atoms with Gasteiger partial charge >= 0.3 is 6.20 Å². The van der Waals surface area contributed by atoms with E-state index < -0.39 is 0 Å². The molecule has 0 unspecified atom stereocenters. The van der Waals surface area contributed by atoms with Crippen molar-refractivity contribution in [3.63, 3.8) is 0 Å². The first-order valence-electron chi connectivity index (χ1n) is 3.23. The zero-order chi connectivity index (χ0) is 8.69. The van der Waals surface area contributed by atoms with Gasteiger partial charge in [-0.15, -0.1) is 0 Å². The van der Waals surface area contributed by atoms with Crippen LogP contribution in [0.4, 0.5) is 0 Å². The monoisotopic (exact) mass is 151 g/mol. The van der Waals surface area contributed by atoms with Crippen LogP contribution in [-0.2, 0) is 0 Å². The van der Waals surface area contributed by atoms with Gasteiger partial charge in [0, 0.05) is 6.42 Å². The van der Waals surface area contributed by atoms with Crippen LogP contribution in [0.1, 0.15) is 12.8 Å². The SMILES string of the molecule is C=CC(=C)CC/C(O)=C/[N+]#N. The van der Waals surface area contributed by atoms with Gasteiger partial charge in [0.15, 0.2) is 10.7 Å². The number of allylic oxidation sites excluding steroid dienone is 3. The van der Waals surface area contributed by atoms with Crippen LogP contribution in [0.5, 0.6) is 0 Å². The van der Waals surface area contributed by atoms with E-state index in [2.05, 4.69) is 18.1 Å². The van der Waals surface area contributed by atoms with Crippen molar-refractivity contribution < 1.29 is 5.11 Å². The minimum Gasteiger partial charge on any atom is -0.505 e. The Balaban J connectivity index is 3.73. The van der Waals surface area contributed by atoms with Crippen LogP contribution in [0.15, 0.2) is 36.8 Å². The van der Waals surface area contributed by atoms with Crippen molar-refractivity contribution in [1.82, 2.24) is 0 Å². The van der Waals surface area contributed by atoms with Crippen LogP contribution in [0.3, 0.4) is 0 Å². The zero-order valence-corrected chi connectivity index (χ0v) is 6.32. The summed E-state index contributed by atoms with van der Waals surface area (Å²) in [5, 5.41) is 16.9. The molecular weight excluding hydrogens is 140 g/mol. The van der Waals surface area contributed by atoms with Gasteiger partial charge in [0.1, 0.15) is 0 Å². The second kappa shape index (κ2) is 5.24. The minimum absolute atomic E-state index is 0.0375. The summed E-state index contributed by atoms with van der Waals surface area (Å²) in [5.74, 6) is 0.0375. The second-order valence-electron chi connectivity index (χ2n) is 2.10. The fourth-order valence-electron chi connectivity index (χ4n) is 0.522. The van der Waals surface area contributed by atoms with Crippen LogP contribution < -0.4 is 0 Å². The predicted molar refractivity (Wildman–Crippen MR) is 44.4 cm³/mol. The van der Waals surface area contributed by atoms with Crippen molar-refractivity contribution in [3.05, 3.63) is 41.7 Å². The Kier molecular flexibility index (Phi) is 4.50. The van der Waals surface area contributed by atoms with Crippen molar-refractivity contribution in [2.45, 2.75) is 12.8 Å². The first-order valence-corrected chi connectivity index (χ1v) is 3.23. The third kappa shape index (κ3) is 4.91. The molecule has 0 aliphatic rings. The van der Waals surface area contributed by atoms with Gasteiger partial charge in [-0.2, -0.15) is 0 Å². The third-order valence-corrected chi connectivity index (χ3v) is 1.20. The maximum absolute atomic E-state index is 8.93. The Morgan fingerprint density at radius 1 is 1.55 bits per heavy atom. The van der Waals surface area contributed by atoms with Gasteiger partial charge in [-0.25, -0.2) is 0 Å². The number of rotatable bonds is 4. The molecule has 0 aliphatic carbocycles. The molecule has 0 saturated heterocycles. The second-order valence-corrected chi connectivity index (χ2v) is 2.10. The molecule has 0 radical (unpaired) electrons. The van der Waals surface area contributed by atoms with E-state index in [1.165, 1.54) is 0 Å². The number of hydrogen-bond donors (Lipinski definition) is 1. The molecule has 0 aromatic carbocycles. The molecule has 0 saturated carbocycles. The van der Waals surface area contributed by atoms with Crippen LogP contribution in [0.2, 0.25) is 0 Å². The molecule has 0 fully saturated rings. The highest BCUT2D eigenvalue weighted by Gasteiger charge is 1.99. The summed E-state index contributed by atoms with van der Waals surface area (Å²) in [4.78, 5) is 2.67. The number of aliphatic hydroxyl groups is 1. The van der Waals surface area contributed by atoms with Crippen molar-refractivity contribution in [2.75, 3.05) is 0 Å². The molecule has 0 heterocycles. The summed E-state index contributed by atoms with van der Waals surface area (Å²) in [6.07, 6.45) is 3.68. The van der Waals surface area contributed by atoms with Gasteiger partial charge in [0.2, 0.25) is 5.39 Å². The van der Waals surface area contributed by atoms with Gasteiger partial charge < -0.3 is 5.11 Å². The van der Waals surface area contributed by atoms with Crippen LogP contribution in [-0.4, -0.2) is 5.11 Å². The Morgan fingerprint density at radius 3 is 2.64 bits per heavy atom. The van der Waals surface area contributed by atoms with Gasteiger partial charge in [0.25, 0.3) is 0 Å². The van der Waals surface area contributed by atoms with Crippen LogP contribution in [0, 0.1) is 5.39 Å². The summed E-state index contributed by atoms with van der Waals surface area (Å²) in [6.45, 7) is 7.17. The standard InChI is InChI=1S/C8H10N2O/c1-3-7(2)4-5-8(11)6-10-9/h3,6H,1-2,4-5H2/p+1/b8-6-. The Bertz CT molecular complexity index is 223. The van der Waals surface area contributed by atoms with Gasteiger partial charge in [-0.1, -0.05) is 24.8 Å². The fraction of sp³-hybridized carbons (Fsp3) is 0.250. The largest absolute Gasteiger partial charge is 0.505 e. The van der Waals surface area contributed by atoms with Gasteiger partial charge in [-0.05, 0) is 6.42 Å². The fourth-order valence-corrected chi connectivity index (χ4v) is 0.522. The van der Waals surface area contributed by atoms with E-state index in [1.807, 2.05) is 0 Å². The molecule has 0 spiro atoms. The molecule has 0 amide bonds. The van der Waals surface area contributed by atoms with E-state index in [0.29, 0.717) is 12.8 Å². The van der Waals surface area contributed by atoms with Crippen molar-refractivity contribution in [2.24, 2.45) is 0 Å². The van der Waals surface area contributed by atoms with Crippen molar-refractivity contribution >= 4 is 0 Å². The summed E-state index contributed by atoms with van der Waals surface area (Å²) >= 11 is 0. The molecule has 0 aromatic rings. The predicted octanol–water partition coefficient (Wildman–Crippen LogP) is 2.76. The number of hydrogen-bond acceptors (Lipinski definition) is 2. The lowest BCUT2D eigenvalue weighted by Gasteiger charge is -1.94. The normalized spacial score (nSPS) is 10.3. The first-order chi connectivity index (χ1) is 5.20. The van der Waals surface area contributed by atoms with Gasteiger partial charge in [-0.3, -0.25) is 0 Å². The lowest BCUT2D eigenvalue weighted by Crippen LogP contribution is -1.81. The van der Waals surface area contributed by atoms with Crippen molar-refractivity contribution in [1.29, 1.82) is 5.39 Å². The van der Waals surface area contributed by atoms with E-state index in [0.717, 1.165) is 11.8 Å². The molecule has 1 N–H and O–H groups in total. The highest BCUT2D eigenvalue weighted by atomic mass is 16.3. The van der Waals surface area contributed by atoms with Gasteiger partial charge in [0.05, 0.1) is 0 Å². The molecule has 3 nitrogen and oxygen atoms in total. The molecule has 58 valence electrons. The maximum Gasteiger partial charge on any atom is 0.387 e. The minimum atomic E-state index is 0.0375. The Labute approximate surface area is 66.0 Å². The Hall–Kier alpha value is -1.56. The molecule has 0 bridgehead atoms. The van der Waals surface area contributed by atoms with E-state index in [-0.39, 0.29) is 5.76 Å². The molecule has 11 heavy (non-hydrogen) atoms. The highest BCUT2D eigenvalue weighted by molar-refractivity contribution is 5.12. The van der Waals surface area contributed by atoms with E-state index in [4.69, 9.17) is 10.5 Å². The molecular formula is C8H11N2O+. The average molecular weight is 151 g/mol. The zero-order valence-electron chi connectivity index (χ0n) is 6.32. The summed E-state index contributed by atoms with van der Waals surface area (Å²) in [6, 6.07) is 0. The first kappa shape index (κ1) is 9.44. The number of nitrogens with zero attached hydrogens (tertiary/aromatic N) is 2. The number of aliphatic hydroxyl groups excluding tert-OH is 1. The highest BCUT2D eigenvalue weighted by Crippen LogP contribution is 2.08. The molecule has 3 heteroatoms. The summed E-state index contributed by atoms with van der Waals surface area (Å²) in [5.41, 5.74) is 0.850. The molecule has 0 aromatic heterocycles. The number of diazo groups is 1. The lowest BCUT2D eigenvalue weighted by atomic mass is 10.1. The molecule has 0 aliphatic heterocycles. The Morgan fingerprint density at radius 2 is 2.18 bits per heavy atom. The lowest BCUT2D eigenvalue weighted by molar-refractivity contribution is 0.388. The molecule has 0 atom stereocenters. The van der Waals surface area contributed by atoms with E-state index in [1.54, 1.807) is 6.08 Å². The smallest absolute Gasteiger partial charge is 0.387 e. The van der Waals surface area contributed by atoms with E-state index >= 15 is 0 Å². The topological polar surface area (TPSA) is 48.4 Å². The van der Waals surface area contributed by atoms with E-state index in [9.17, 15) is 0 Å². The summed E-state index contributed by atoms with van der Waals surface area (Å²) < 4.78 is 0. The van der Waals surface area contributed by atoms with Crippen molar-refractivity contribution in [3.8, 4) is 0 Å². The summed E-state index contributed by atoms with van der Waals surface area (Å²) in [7, 11) is 0.